The molecule has 1 N–H and O–H groups in total. The first-order valence-electron chi connectivity index (χ1n) is 6.11. The van der Waals surface area contributed by atoms with E-state index in [0.717, 1.165) is 4.68 Å². The van der Waals surface area contributed by atoms with Crippen molar-refractivity contribution in [2.24, 2.45) is 10.3 Å². The molecule has 106 valence electrons. The van der Waals surface area contributed by atoms with E-state index in [2.05, 4.69) is 10.3 Å². The first kappa shape index (κ1) is 13.5. The molecule has 0 unspecified atom stereocenters. The predicted molar refractivity (Wildman–Crippen MR) is 78.1 cm³/mol. The lowest BCUT2D eigenvalue weighted by Crippen LogP contribution is -2.04. The van der Waals surface area contributed by atoms with Gasteiger partial charge in [-0.3, -0.25) is 4.55 Å². The van der Waals surface area contributed by atoms with E-state index in [-0.39, 0.29) is 5.03 Å². The van der Waals surface area contributed by atoms with Crippen LogP contribution in [0.15, 0.2) is 76.0 Å². The lowest BCUT2D eigenvalue weighted by molar-refractivity contribution is 0.473. The largest absolute Gasteiger partial charge is 0.312 e. The highest BCUT2D eigenvalue weighted by Gasteiger charge is 2.19. The second-order valence-corrected chi connectivity index (χ2v) is 5.72. The summed E-state index contributed by atoms with van der Waals surface area (Å²) in [5.74, 6) is 0. The van der Waals surface area contributed by atoms with Crippen LogP contribution in [-0.4, -0.2) is 17.6 Å². The van der Waals surface area contributed by atoms with E-state index in [0.29, 0.717) is 16.6 Å². The molecule has 0 aliphatic heterocycles. The van der Waals surface area contributed by atoms with Gasteiger partial charge in [-0.1, -0.05) is 41.6 Å². The lowest BCUT2D eigenvalue weighted by Gasteiger charge is -2.00. The van der Waals surface area contributed by atoms with E-state index in [1.54, 1.807) is 48.5 Å². The van der Waals surface area contributed by atoms with Crippen LogP contribution in [0.5, 0.6) is 0 Å². The molecule has 6 nitrogen and oxygen atoms in total. The van der Waals surface area contributed by atoms with Crippen LogP contribution in [0.3, 0.4) is 0 Å². The van der Waals surface area contributed by atoms with E-state index in [1.165, 1.54) is 6.07 Å². The number of benzene rings is 2. The van der Waals surface area contributed by atoms with Gasteiger partial charge in [0.25, 0.3) is 0 Å². The first-order valence-corrected chi connectivity index (χ1v) is 7.55. The Morgan fingerprint density at radius 1 is 0.952 bits per heavy atom. The van der Waals surface area contributed by atoms with Crippen molar-refractivity contribution in [3.63, 3.8) is 0 Å². The van der Waals surface area contributed by atoms with Crippen LogP contribution >= 0.6 is 0 Å². The first-order chi connectivity index (χ1) is 10.1. The average Bonchev–Trinajstić information content (AvgIpc) is 2.85. The summed E-state index contributed by atoms with van der Waals surface area (Å²) in [6.45, 7) is 0. The Balaban J connectivity index is 2.19. The van der Waals surface area contributed by atoms with Gasteiger partial charge in [-0.15, -0.1) is 5.11 Å². The van der Waals surface area contributed by atoms with Crippen molar-refractivity contribution in [1.82, 2.24) is 4.68 Å². The summed E-state index contributed by atoms with van der Waals surface area (Å²) in [6, 6.07) is 17.2. The van der Waals surface area contributed by atoms with Crippen LogP contribution < -0.4 is 0 Å². The van der Waals surface area contributed by atoms with E-state index in [1.807, 2.05) is 6.07 Å². The van der Waals surface area contributed by atoms with Crippen LogP contribution in [0.25, 0.3) is 10.9 Å². The molecule has 0 aliphatic carbocycles. The fourth-order valence-corrected chi connectivity index (χ4v) is 2.61. The van der Waals surface area contributed by atoms with Crippen molar-refractivity contribution in [2.45, 2.75) is 5.03 Å². The zero-order valence-corrected chi connectivity index (χ0v) is 11.6. The van der Waals surface area contributed by atoms with Crippen LogP contribution in [-0.2, 0) is 10.1 Å². The number of fused-ring (bicyclic) bond motifs is 1. The zero-order chi connectivity index (χ0) is 14.9. The molecule has 0 atom stereocenters. The second kappa shape index (κ2) is 5.12. The number of para-hydroxylation sites is 1. The molecule has 3 rings (SSSR count). The maximum atomic E-state index is 11.5. The maximum absolute atomic E-state index is 11.5. The van der Waals surface area contributed by atoms with Gasteiger partial charge in [-0.05, 0) is 24.3 Å². The molecule has 0 fully saturated rings. The van der Waals surface area contributed by atoms with Gasteiger partial charge in [0.2, 0.25) is 0 Å². The quantitative estimate of drug-likeness (QED) is 0.594. The molecule has 0 spiro atoms. The summed E-state index contributed by atoms with van der Waals surface area (Å²) >= 11 is 0. The number of hydrogen-bond acceptors (Lipinski definition) is 4. The number of nitrogens with zero attached hydrogens (tertiary/aromatic N) is 3. The zero-order valence-electron chi connectivity index (χ0n) is 10.8. The van der Waals surface area contributed by atoms with Gasteiger partial charge in [-0.2, -0.15) is 8.42 Å². The molecule has 2 aromatic carbocycles. The third kappa shape index (κ3) is 2.69. The Morgan fingerprint density at radius 3 is 2.33 bits per heavy atom. The lowest BCUT2D eigenvalue weighted by atomic mass is 10.3. The van der Waals surface area contributed by atoms with Crippen molar-refractivity contribution in [3.8, 4) is 0 Å². The minimum atomic E-state index is -4.39. The topological polar surface area (TPSA) is 84.0 Å². The van der Waals surface area contributed by atoms with E-state index < -0.39 is 10.1 Å². The van der Waals surface area contributed by atoms with E-state index in [9.17, 15) is 13.0 Å². The summed E-state index contributed by atoms with van der Waals surface area (Å²) in [7, 11) is -4.39. The van der Waals surface area contributed by atoms with Gasteiger partial charge in [0.05, 0.1) is 11.2 Å². The molecule has 0 bridgehead atoms. The number of hydrogen-bond donors (Lipinski definition) is 1. The molecular weight excluding hydrogens is 290 g/mol. The summed E-state index contributed by atoms with van der Waals surface area (Å²) < 4.78 is 33.4. The van der Waals surface area contributed by atoms with Crippen LogP contribution in [0, 0.1) is 0 Å². The molecule has 0 saturated carbocycles. The summed E-state index contributed by atoms with van der Waals surface area (Å²) in [5.41, 5.74) is 1.13. The summed E-state index contributed by atoms with van der Waals surface area (Å²) in [6.07, 6.45) is 0. The number of rotatable bonds is 3. The molecule has 0 aliphatic rings. The Morgan fingerprint density at radius 2 is 1.62 bits per heavy atom. The molecule has 21 heavy (non-hydrogen) atoms. The standard InChI is InChI=1S/C14H11N3O3S/c18-21(19,20)14-10-11-6-4-5-9-13(11)17(14)16-15-12-7-2-1-3-8-12/h1-10H,(H,18,19,20). The predicted octanol–water partition coefficient (Wildman–Crippen LogP) is 3.44. The summed E-state index contributed by atoms with van der Waals surface area (Å²) in [4.78, 5) is 0. The SMILES string of the molecule is O=S(=O)(O)c1cc2ccccc2n1N=Nc1ccccc1. The molecule has 0 saturated heterocycles. The Bertz CT molecular complexity index is 915. The normalized spacial score (nSPS) is 12.2. The van der Waals surface area contributed by atoms with Gasteiger partial charge in [0.1, 0.15) is 0 Å². The fourth-order valence-electron chi connectivity index (χ4n) is 1.98. The molecular formula is C14H11N3O3S. The van der Waals surface area contributed by atoms with Gasteiger partial charge in [-0.25, -0.2) is 4.68 Å². The van der Waals surface area contributed by atoms with Crippen molar-refractivity contribution in [3.05, 3.63) is 60.7 Å². The highest BCUT2D eigenvalue weighted by Crippen LogP contribution is 2.24. The third-order valence-electron chi connectivity index (χ3n) is 2.92. The van der Waals surface area contributed by atoms with Crippen molar-refractivity contribution < 1.29 is 13.0 Å². The molecule has 3 aromatic rings. The fraction of sp³-hybridized carbons (Fsp3) is 0. The summed E-state index contributed by atoms with van der Waals surface area (Å²) in [5, 5.41) is 8.25. The molecule has 1 heterocycles. The Hall–Kier alpha value is -2.51. The van der Waals surface area contributed by atoms with Crippen LogP contribution in [0.4, 0.5) is 5.69 Å². The highest BCUT2D eigenvalue weighted by atomic mass is 32.2. The van der Waals surface area contributed by atoms with Gasteiger partial charge in [0, 0.05) is 5.39 Å². The smallest absolute Gasteiger partial charge is 0.281 e. The van der Waals surface area contributed by atoms with Crippen molar-refractivity contribution >= 4 is 26.7 Å². The minimum absolute atomic E-state index is 0.316. The van der Waals surface area contributed by atoms with Gasteiger partial charge in [0.15, 0.2) is 5.03 Å². The Kier molecular flexibility index (Phi) is 3.28. The van der Waals surface area contributed by atoms with Crippen LogP contribution in [0.1, 0.15) is 0 Å². The maximum Gasteiger partial charge on any atom is 0.312 e. The number of aromatic nitrogens is 1. The highest BCUT2D eigenvalue weighted by molar-refractivity contribution is 7.85. The minimum Gasteiger partial charge on any atom is -0.281 e. The molecule has 7 heteroatoms. The Labute approximate surface area is 121 Å². The van der Waals surface area contributed by atoms with E-state index in [4.69, 9.17) is 0 Å². The monoisotopic (exact) mass is 301 g/mol. The van der Waals surface area contributed by atoms with Crippen molar-refractivity contribution in [2.75, 3.05) is 0 Å². The van der Waals surface area contributed by atoms with Gasteiger partial charge >= 0.3 is 10.1 Å². The average molecular weight is 301 g/mol. The molecule has 0 radical (unpaired) electrons. The third-order valence-corrected chi connectivity index (χ3v) is 3.74. The van der Waals surface area contributed by atoms with E-state index >= 15 is 0 Å². The molecule has 1 aromatic heterocycles. The van der Waals surface area contributed by atoms with Gasteiger partial charge < -0.3 is 0 Å². The molecule has 0 amide bonds. The van der Waals surface area contributed by atoms with Crippen molar-refractivity contribution in [1.29, 1.82) is 0 Å². The van der Waals surface area contributed by atoms with Crippen LogP contribution in [0.2, 0.25) is 0 Å². The second-order valence-electron chi connectivity index (χ2n) is 4.35.